The molecule has 1 atom stereocenters. The van der Waals surface area contributed by atoms with E-state index in [-0.39, 0.29) is 10.7 Å². The van der Waals surface area contributed by atoms with Crippen LogP contribution in [-0.4, -0.2) is 24.4 Å². The molecule has 90 valence electrons. The topological polar surface area (TPSA) is 37.4 Å². The third-order valence-electron chi connectivity index (χ3n) is 2.47. The lowest BCUT2D eigenvalue weighted by atomic mass is 10.1. The maximum atomic E-state index is 11.6. The fraction of sp³-hybridized carbons (Fsp3) is 0.400. The van der Waals surface area contributed by atoms with Crippen LogP contribution in [0.2, 0.25) is 5.02 Å². The molecule has 3 nitrogen and oxygen atoms in total. The van der Waals surface area contributed by atoms with Gasteiger partial charge in [0.25, 0.3) is 0 Å². The summed E-state index contributed by atoms with van der Waals surface area (Å²) in [6.45, 7) is 1.84. The van der Waals surface area contributed by atoms with Gasteiger partial charge in [0.05, 0.1) is 0 Å². The molecule has 0 aromatic heterocycles. The first-order valence-corrected chi connectivity index (χ1v) is 7.76. The number of rotatable bonds is 4. The van der Waals surface area contributed by atoms with Crippen molar-refractivity contribution >= 4 is 37.6 Å². The fourth-order valence-electron chi connectivity index (χ4n) is 1.27. The van der Waals surface area contributed by atoms with Crippen molar-refractivity contribution in [1.82, 2.24) is 4.31 Å². The van der Waals surface area contributed by atoms with Crippen LogP contribution in [0, 0.1) is 0 Å². The van der Waals surface area contributed by atoms with E-state index in [9.17, 15) is 8.42 Å². The van der Waals surface area contributed by atoms with Crippen LogP contribution in [0.5, 0.6) is 0 Å². The lowest BCUT2D eigenvalue weighted by Crippen LogP contribution is -2.30. The second-order valence-electron chi connectivity index (χ2n) is 3.46. The number of benzene rings is 1. The number of halogens is 2. The van der Waals surface area contributed by atoms with E-state index in [0.717, 1.165) is 5.56 Å². The molecule has 0 aliphatic heterocycles. The second-order valence-corrected chi connectivity index (χ2v) is 7.23. The maximum absolute atomic E-state index is 11.6. The molecular weight excluding hydrogens is 314 g/mol. The van der Waals surface area contributed by atoms with Gasteiger partial charge >= 0.3 is 0 Å². The molecule has 0 amide bonds. The lowest BCUT2D eigenvalue weighted by Gasteiger charge is -2.23. The number of nitrogens with zero attached hydrogens (tertiary/aromatic N) is 1. The molecule has 0 aliphatic carbocycles. The zero-order valence-electron chi connectivity index (χ0n) is 9.02. The van der Waals surface area contributed by atoms with Gasteiger partial charge in [0.15, 0.2) is 0 Å². The van der Waals surface area contributed by atoms with E-state index >= 15 is 0 Å². The summed E-state index contributed by atoms with van der Waals surface area (Å²) in [6, 6.07) is 6.95. The summed E-state index contributed by atoms with van der Waals surface area (Å²) in [5.74, 6) is 0. The Balaban J connectivity index is 2.94. The summed E-state index contributed by atoms with van der Waals surface area (Å²) >= 11 is 8.75. The Labute approximate surface area is 110 Å². The first kappa shape index (κ1) is 14.0. The predicted octanol–water partition coefficient (Wildman–Crippen LogP) is 3.02. The van der Waals surface area contributed by atoms with Crippen LogP contribution in [0.3, 0.4) is 0 Å². The molecule has 6 heteroatoms. The molecule has 0 radical (unpaired) electrons. The molecular formula is C10H13BrClNO2S. The number of hydrogen-bond acceptors (Lipinski definition) is 2. The van der Waals surface area contributed by atoms with Gasteiger partial charge < -0.3 is 0 Å². The average Bonchev–Trinajstić information content (AvgIpc) is 2.28. The van der Waals surface area contributed by atoms with Gasteiger partial charge in [-0.1, -0.05) is 39.7 Å². The first-order valence-electron chi connectivity index (χ1n) is 4.65. The van der Waals surface area contributed by atoms with Gasteiger partial charge in [-0.25, -0.2) is 8.42 Å². The van der Waals surface area contributed by atoms with Crippen LogP contribution >= 0.6 is 27.5 Å². The molecule has 0 saturated heterocycles. The highest BCUT2D eigenvalue weighted by atomic mass is 79.9. The summed E-state index contributed by atoms with van der Waals surface area (Å²) in [7, 11) is -1.67. The average molecular weight is 327 g/mol. The number of hydrogen-bond donors (Lipinski definition) is 0. The van der Waals surface area contributed by atoms with Crippen LogP contribution < -0.4 is 0 Å². The Morgan fingerprint density at radius 2 is 1.88 bits per heavy atom. The second kappa shape index (κ2) is 5.49. The zero-order chi connectivity index (χ0) is 12.3. The normalized spacial score (nSPS) is 14.1. The lowest BCUT2D eigenvalue weighted by molar-refractivity contribution is 0.401. The standard InChI is InChI=1S/C10H13BrClNO2S/c1-8(13(2)16(14,15)7-11)9-3-5-10(12)6-4-9/h3-6,8H,7H2,1-2H3. The summed E-state index contributed by atoms with van der Waals surface area (Å²) in [6.07, 6.45) is 0. The molecule has 1 unspecified atom stereocenters. The van der Waals surface area contributed by atoms with Crippen molar-refractivity contribution in [3.05, 3.63) is 34.9 Å². The molecule has 0 bridgehead atoms. The SMILES string of the molecule is CC(c1ccc(Cl)cc1)N(C)S(=O)(=O)CBr. The van der Waals surface area contributed by atoms with Gasteiger partial charge in [0, 0.05) is 18.1 Å². The van der Waals surface area contributed by atoms with Gasteiger partial charge in [-0.05, 0) is 24.6 Å². The smallest absolute Gasteiger partial charge is 0.211 e. The minimum atomic E-state index is -3.24. The minimum Gasteiger partial charge on any atom is -0.211 e. The summed E-state index contributed by atoms with van der Waals surface area (Å²) in [4.78, 5) is 0. The highest BCUT2D eigenvalue weighted by molar-refractivity contribution is 9.10. The number of sulfonamides is 1. The van der Waals surface area contributed by atoms with E-state index in [1.54, 1.807) is 19.2 Å². The van der Waals surface area contributed by atoms with E-state index in [1.165, 1.54) is 4.31 Å². The Hall–Kier alpha value is -0.100. The Bertz CT molecular complexity index is 446. The Kier molecular flexibility index (Phi) is 4.79. The van der Waals surface area contributed by atoms with Crippen molar-refractivity contribution < 1.29 is 8.42 Å². The van der Waals surface area contributed by atoms with Crippen molar-refractivity contribution in [1.29, 1.82) is 0 Å². The highest BCUT2D eigenvalue weighted by Crippen LogP contribution is 2.23. The van der Waals surface area contributed by atoms with Crippen LogP contribution in [0.4, 0.5) is 0 Å². The van der Waals surface area contributed by atoms with Gasteiger partial charge in [0.2, 0.25) is 10.0 Å². The minimum absolute atomic E-state index is 0.0750. The summed E-state index contributed by atoms with van der Waals surface area (Å²) in [5.41, 5.74) is 0.913. The summed E-state index contributed by atoms with van der Waals surface area (Å²) < 4.78 is 24.5. The van der Waals surface area contributed by atoms with Crippen LogP contribution in [0.15, 0.2) is 24.3 Å². The molecule has 16 heavy (non-hydrogen) atoms. The molecule has 0 saturated carbocycles. The van der Waals surface area contributed by atoms with Gasteiger partial charge in [-0.15, -0.1) is 0 Å². The summed E-state index contributed by atoms with van der Waals surface area (Å²) in [5, 5.41) is 0.641. The van der Waals surface area contributed by atoms with Crippen LogP contribution in [0.25, 0.3) is 0 Å². The van der Waals surface area contributed by atoms with Crippen LogP contribution in [-0.2, 0) is 10.0 Å². The fourth-order valence-corrected chi connectivity index (χ4v) is 3.12. The molecule has 0 spiro atoms. The van der Waals surface area contributed by atoms with E-state index in [1.807, 2.05) is 19.1 Å². The van der Waals surface area contributed by atoms with E-state index in [0.29, 0.717) is 5.02 Å². The van der Waals surface area contributed by atoms with Crippen LogP contribution in [0.1, 0.15) is 18.5 Å². The quantitative estimate of drug-likeness (QED) is 0.798. The number of alkyl halides is 1. The van der Waals surface area contributed by atoms with Crippen molar-refractivity contribution in [3.8, 4) is 0 Å². The molecule has 0 heterocycles. The van der Waals surface area contributed by atoms with E-state index < -0.39 is 10.0 Å². The van der Waals surface area contributed by atoms with Crippen molar-refractivity contribution in [2.24, 2.45) is 0 Å². The molecule has 0 fully saturated rings. The zero-order valence-corrected chi connectivity index (χ0v) is 12.2. The monoisotopic (exact) mass is 325 g/mol. The van der Waals surface area contributed by atoms with Gasteiger partial charge in [-0.2, -0.15) is 4.31 Å². The third kappa shape index (κ3) is 3.20. The van der Waals surface area contributed by atoms with Gasteiger partial charge in [0.1, 0.15) is 4.66 Å². The Morgan fingerprint density at radius 3 is 2.31 bits per heavy atom. The van der Waals surface area contributed by atoms with E-state index in [4.69, 9.17) is 11.6 Å². The van der Waals surface area contributed by atoms with Crippen molar-refractivity contribution in [2.45, 2.75) is 13.0 Å². The molecule has 1 aromatic carbocycles. The molecule has 0 aliphatic rings. The van der Waals surface area contributed by atoms with Crippen molar-refractivity contribution in [3.63, 3.8) is 0 Å². The highest BCUT2D eigenvalue weighted by Gasteiger charge is 2.22. The van der Waals surface area contributed by atoms with Crippen molar-refractivity contribution in [2.75, 3.05) is 11.7 Å². The molecule has 1 aromatic rings. The Morgan fingerprint density at radius 1 is 1.38 bits per heavy atom. The molecule has 0 N–H and O–H groups in total. The third-order valence-corrected chi connectivity index (χ3v) is 5.93. The van der Waals surface area contributed by atoms with Gasteiger partial charge in [-0.3, -0.25) is 0 Å². The van der Waals surface area contributed by atoms with E-state index in [2.05, 4.69) is 15.9 Å². The largest absolute Gasteiger partial charge is 0.224 e. The molecule has 1 rings (SSSR count). The maximum Gasteiger partial charge on any atom is 0.224 e. The predicted molar refractivity (Wildman–Crippen MR) is 70.3 cm³/mol. The first-order chi connectivity index (χ1) is 7.38.